The van der Waals surface area contributed by atoms with E-state index in [9.17, 15) is 14.4 Å². The van der Waals surface area contributed by atoms with Crippen LogP contribution in [0.15, 0.2) is 48.7 Å². The maximum atomic E-state index is 13.1. The van der Waals surface area contributed by atoms with E-state index in [2.05, 4.69) is 9.72 Å². The maximum Gasteiger partial charge on any atom is 0.251 e. The Bertz CT molecular complexity index is 1470. The molecule has 2 aliphatic rings. The number of carbonyl (C=O) groups excluding carboxylic acids is 3. The molecule has 2 aromatic carbocycles. The second-order valence-electron chi connectivity index (χ2n) is 9.89. The number of nitrogens with zero attached hydrogens (tertiary/aromatic N) is 3. The molecule has 0 spiro atoms. The zero-order valence-corrected chi connectivity index (χ0v) is 21.0. The Morgan fingerprint density at radius 3 is 2.42 bits per heavy atom. The molecule has 0 atom stereocenters. The van der Waals surface area contributed by atoms with Crippen molar-refractivity contribution in [3.8, 4) is 11.3 Å². The van der Waals surface area contributed by atoms with Crippen LogP contribution in [0.3, 0.4) is 0 Å². The first-order valence-corrected chi connectivity index (χ1v) is 13.4. The lowest BCUT2D eigenvalue weighted by atomic mass is 9.89. The molecule has 184 valence electrons. The summed E-state index contributed by atoms with van der Waals surface area (Å²) in [7, 11) is 1.62. The van der Waals surface area contributed by atoms with Gasteiger partial charge in [0.1, 0.15) is 0 Å². The van der Waals surface area contributed by atoms with Crippen LogP contribution < -0.4 is 5.32 Å². The van der Waals surface area contributed by atoms with Gasteiger partial charge in [-0.3, -0.25) is 18.8 Å². The van der Waals surface area contributed by atoms with E-state index in [1.165, 1.54) is 0 Å². The van der Waals surface area contributed by atoms with Crippen LogP contribution in [0.1, 0.15) is 52.8 Å². The van der Waals surface area contributed by atoms with Gasteiger partial charge < -0.3 is 10.2 Å². The number of carbonyl (C=O) groups is 3. The van der Waals surface area contributed by atoms with Gasteiger partial charge in [0, 0.05) is 55.4 Å². The first-order valence-electron chi connectivity index (χ1n) is 12.6. The Morgan fingerprint density at radius 2 is 1.72 bits per heavy atom. The number of fused-ring (bicyclic) bond motifs is 3. The minimum atomic E-state index is -0.113. The Morgan fingerprint density at radius 1 is 1.00 bits per heavy atom. The van der Waals surface area contributed by atoms with Gasteiger partial charge in [0.15, 0.2) is 10.7 Å². The molecule has 0 bridgehead atoms. The number of amides is 2. The third-order valence-electron chi connectivity index (χ3n) is 7.41. The standard InChI is InChI=1S/C28H28N4O3S/c1-29-26(34)19-4-2-18(3-5-19)22-16-32-23-9-8-21(15-25(23)36-28(32)30-22)24(33)14-17-10-12-31(13-11-17)27(35)20-6-7-20/h2-5,8-9,15-17,20H,6-7,10-14H2,1H3,(H,29,34). The second-order valence-corrected chi connectivity index (χ2v) is 10.9. The van der Waals surface area contributed by atoms with Crippen LogP contribution in [0.4, 0.5) is 0 Å². The number of nitrogens with one attached hydrogen (secondary N) is 1. The summed E-state index contributed by atoms with van der Waals surface area (Å²) in [5.41, 5.74) is 4.18. The summed E-state index contributed by atoms with van der Waals surface area (Å²) in [5, 5.41) is 2.63. The monoisotopic (exact) mass is 500 g/mol. The van der Waals surface area contributed by atoms with Crippen molar-refractivity contribution in [1.29, 1.82) is 0 Å². The predicted octanol–water partition coefficient (Wildman–Crippen LogP) is 4.80. The van der Waals surface area contributed by atoms with Crippen LogP contribution in [-0.4, -0.2) is 52.0 Å². The van der Waals surface area contributed by atoms with Gasteiger partial charge in [-0.25, -0.2) is 4.98 Å². The first-order chi connectivity index (χ1) is 17.5. The summed E-state index contributed by atoms with van der Waals surface area (Å²) in [4.78, 5) is 44.8. The third-order valence-corrected chi connectivity index (χ3v) is 8.43. The topological polar surface area (TPSA) is 83.8 Å². The molecular formula is C28H28N4O3S. The molecule has 1 saturated carbocycles. The van der Waals surface area contributed by atoms with Crippen LogP contribution in [0.2, 0.25) is 0 Å². The summed E-state index contributed by atoms with van der Waals surface area (Å²) >= 11 is 1.57. The molecule has 1 aliphatic heterocycles. The molecule has 1 N–H and O–H groups in total. The van der Waals surface area contributed by atoms with Gasteiger partial charge in [0.05, 0.1) is 15.9 Å². The molecule has 1 aliphatic carbocycles. The van der Waals surface area contributed by atoms with Gasteiger partial charge in [-0.1, -0.05) is 23.5 Å². The molecule has 4 aromatic rings. The molecule has 3 heterocycles. The number of benzene rings is 2. The van der Waals surface area contributed by atoms with E-state index in [1.54, 1.807) is 30.5 Å². The number of piperidine rings is 1. The van der Waals surface area contributed by atoms with Crippen molar-refractivity contribution in [2.75, 3.05) is 20.1 Å². The number of hydrogen-bond donors (Lipinski definition) is 1. The number of thiazole rings is 1. The van der Waals surface area contributed by atoms with E-state index in [0.29, 0.717) is 23.8 Å². The summed E-state index contributed by atoms with van der Waals surface area (Å²) < 4.78 is 3.10. The molecule has 0 radical (unpaired) electrons. The lowest BCUT2D eigenvalue weighted by molar-refractivity contribution is -0.133. The van der Waals surface area contributed by atoms with Gasteiger partial charge in [0.2, 0.25) is 5.91 Å². The normalized spacial score (nSPS) is 16.5. The highest BCUT2D eigenvalue weighted by atomic mass is 32.1. The fourth-order valence-electron chi connectivity index (χ4n) is 5.08. The second kappa shape index (κ2) is 9.17. The Balaban J connectivity index is 1.15. The van der Waals surface area contributed by atoms with Crippen LogP contribution in [-0.2, 0) is 4.79 Å². The molecule has 0 unspecified atom stereocenters. The van der Waals surface area contributed by atoms with Crippen molar-refractivity contribution >= 4 is 44.1 Å². The summed E-state index contributed by atoms with van der Waals surface area (Å²) in [6.07, 6.45) is 6.44. The maximum absolute atomic E-state index is 13.1. The minimum absolute atomic E-state index is 0.113. The Hall–Kier alpha value is -3.52. The van der Waals surface area contributed by atoms with Crippen LogP contribution in [0, 0.1) is 11.8 Å². The number of Topliss-reactive ketones (excluding diaryl/α,β-unsaturated/α-hetero) is 1. The molecule has 2 fully saturated rings. The van der Waals surface area contributed by atoms with Crippen molar-refractivity contribution in [2.45, 2.75) is 32.1 Å². The number of ketones is 1. The highest BCUT2D eigenvalue weighted by Crippen LogP contribution is 2.34. The van der Waals surface area contributed by atoms with Crippen LogP contribution >= 0.6 is 11.3 Å². The predicted molar refractivity (Wildman–Crippen MR) is 140 cm³/mol. The average Bonchev–Trinajstić information content (AvgIpc) is 3.59. The number of imidazole rings is 1. The molecule has 1 saturated heterocycles. The molecule has 2 amide bonds. The van der Waals surface area contributed by atoms with Gasteiger partial charge in [-0.2, -0.15) is 0 Å². The van der Waals surface area contributed by atoms with Gasteiger partial charge in [-0.15, -0.1) is 0 Å². The van der Waals surface area contributed by atoms with E-state index in [1.807, 2.05) is 41.4 Å². The molecule has 6 rings (SSSR count). The van der Waals surface area contributed by atoms with Gasteiger partial charge >= 0.3 is 0 Å². The van der Waals surface area contributed by atoms with Crippen LogP contribution in [0.5, 0.6) is 0 Å². The molecule has 7 nitrogen and oxygen atoms in total. The number of aromatic nitrogens is 2. The molecule has 8 heteroatoms. The fraction of sp³-hybridized carbons (Fsp3) is 0.357. The van der Waals surface area contributed by atoms with E-state index in [-0.39, 0.29) is 17.6 Å². The zero-order valence-electron chi connectivity index (χ0n) is 20.2. The molecular weight excluding hydrogens is 472 g/mol. The molecule has 2 aromatic heterocycles. The lowest BCUT2D eigenvalue weighted by Gasteiger charge is -2.32. The smallest absolute Gasteiger partial charge is 0.251 e. The van der Waals surface area contributed by atoms with E-state index < -0.39 is 0 Å². The van der Waals surface area contributed by atoms with Gasteiger partial charge in [0.25, 0.3) is 5.91 Å². The van der Waals surface area contributed by atoms with Crippen LogP contribution in [0.25, 0.3) is 26.4 Å². The van der Waals surface area contributed by atoms with E-state index >= 15 is 0 Å². The fourth-order valence-corrected chi connectivity index (χ4v) is 6.12. The summed E-state index contributed by atoms with van der Waals surface area (Å²) in [6.45, 7) is 1.57. The van der Waals surface area contributed by atoms with Crippen molar-refractivity contribution in [1.82, 2.24) is 19.6 Å². The lowest BCUT2D eigenvalue weighted by Crippen LogP contribution is -2.39. The number of hydrogen-bond acceptors (Lipinski definition) is 5. The highest BCUT2D eigenvalue weighted by molar-refractivity contribution is 7.23. The summed E-state index contributed by atoms with van der Waals surface area (Å²) in [6, 6.07) is 13.3. The zero-order chi connectivity index (χ0) is 24.8. The molecule has 36 heavy (non-hydrogen) atoms. The minimum Gasteiger partial charge on any atom is -0.355 e. The van der Waals surface area contributed by atoms with Crippen molar-refractivity contribution < 1.29 is 14.4 Å². The average molecular weight is 501 g/mol. The first kappa shape index (κ1) is 22.9. The quantitative estimate of drug-likeness (QED) is 0.386. The number of likely N-dealkylation sites (tertiary alicyclic amines) is 1. The van der Waals surface area contributed by atoms with E-state index in [0.717, 1.165) is 70.8 Å². The largest absolute Gasteiger partial charge is 0.355 e. The van der Waals surface area contributed by atoms with E-state index in [4.69, 9.17) is 4.98 Å². The SMILES string of the molecule is CNC(=O)c1ccc(-c2cn3c(n2)sc2cc(C(=O)CC4CCN(C(=O)C5CC5)CC4)ccc23)cc1. The van der Waals surface area contributed by atoms with Gasteiger partial charge in [-0.05, 0) is 61.9 Å². The Kier molecular flexibility index (Phi) is 5.84. The number of rotatable bonds is 6. The van der Waals surface area contributed by atoms with Crippen molar-refractivity contribution in [2.24, 2.45) is 11.8 Å². The highest BCUT2D eigenvalue weighted by Gasteiger charge is 2.35. The van der Waals surface area contributed by atoms with Crippen molar-refractivity contribution in [3.05, 3.63) is 59.8 Å². The third kappa shape index (κ3) is 4.30. The van der Waals surface area contributed by atoms with Crippen molar-refractivity contribution in [3.63, 3.8) is 0 Å². The summed E-state index contributed by atoms with van der Waals surface area (Å²) in [5.74, 6) is 0.989. The Labute approximate surface area is 213 Å².